The van der Waals surface area contributed by atoms with Crippen LogP contribution < -0.4 is 0 Å². The second kappa shape index (κ2) is 3.09. The van der Waals surface area contributed by atoms with Gasteiger partial charge in [-0.15, -0.1) is 0 Å². The van der Waals surface area contributed by atoms with E-state index in [2.05, 4.69) is 5.10 Å². The first kappa shape index (κ1) is 9.58. The van der Waals surface area contributed by atoms with Gasteiger partial charge < -0.3 is 0 Å². The van der Waals surface area contributed by atoms with E-state index in [1.54, 1.807) is 6.07 Å². The molecule has 3 nitrogen and oxygen atoms in total. The fourth-order valence-corrected chi connectivity index (χ4v) is 0.697. The van der Waals surface area contributed by atoms with Crippen LogP contribution in [0.25, 0.3) is 0 Å². The fourth-order valence-electron chi connectivity index (χ4n) is 0.697. The first-order valence-electron chi connectivity index (χ1n) is 3.39. The Morgan fingerprint density at radius 2 is 2.31 bits per heavy atom. The summed E-state index contributed by atoms with van der Waals surface area (Å²) in [4.78, 5) is 0. The van der Waals surface area contributed by atoms with Crippen LogP contribution in [0.15, 0.2) is 6.20 Å². The number of hydrogen-bond acceptors (Lipinski definition) is 2. The number of nitriles is 1. The fraction of sp³-hybridized carbons (Fsp3) is 0.429. The van der Waals surface area contributed by atoms with Crippen molar-refractivity contribution in [2.24, 2.45) is 0 Å². The molecule has 0 aliphatic carbocycles. The molecule has 0 aliphatic rings. The standard InChI is InChI=1S/C7H5F3N3/c1-5(4-11)13-3-2-6(12-13)7(8,9)10/h3,5H,1H3. The summed E-state index contributed by atoms with van der Waals surface area (Å²) in [5.41, 5.74) is -1.10. The molecule has 1 aromatic rings. The molecule has 1 radical (unpaired) electrons. The van der Waals surface area contributed by atoms with Gasteiger partial charge in [0, 0.05) is 12.3 Å². The Bertz CT molecular complexity index is 333. The molecule has 0 spiro atoms. The average Bonchev–Trinajstić information content (AvgIpc) is 2.50. The van der Waals surface area contributed by atoms with Gasteiger partial charge in [0.25, 0.3) is 0 Å². The molecule has 1 aromatic heterocycles. The number of aromatic nitrogens is 2. The van der Waals surface area contributed by atoms with E-state index in [4.69, 9.17) is 5.26 Å². The Kier molecular flexibility index (Phi) is 2.28. The third-order valence-electron chi connectivity index (χ3n) is 1.40. The molecular formula is C7H5F3N3. The highest BCUT2D eigenvalue weighted by Gasteiger charge is 2.34. The lowest BCUT2D eigenvalue weighted by Crippen LogP contribution is -2.09. The maximum Gasteiger partial charge on any atom is 0.435 e. The zero-order valence-electron chi connectivity index (χ0n) is 6.63. The summed E-state index contributed by atoms with van der Waals surface area (Å²) in [5, 5.41) is 11.6. The van der Waals surface area contributed by atoms with Gasteiger partial charge in [0.2, 0.25) is 0 Å². The van der Waals surface area contributed by atoms with Crippen molar-refractivity contribution in [3.05, 3.63) is 18.0 Å². The molecule has 0 aromatic carbocycles. The van der Waals surface area contributed by atoms with Gasteiger partial charge in [-0.1, -0.05) is 0 Å². The maximum atomic E-state index is 12.0. The number of alkyl halides is 3. The molecule has 0 saturated carbocycles. The van der Waals surface area contributed by atoms with Crippen LogP contribution >= 0.6 is 0 Å². The van der Waals surface area contributed by atoms with E-state index in [-0.39, 0.29) is 0 Å². The van der Waals surface area contributed by atoms with E-state index >= 15 is 0 Å². The lowest BCUT2D eigenvalue weighted by Gasteiger charge is -2.02. The lowest BCUT2D eigenvalue weighted by molar-refractivity contribution is -0.141. The summed E-state index contributed by atoms with van der Waals surface area (Å²) in [6.45, 7) is 1.45. The predicted octanol–water partition coefficient (Wildman–Crippen LogP) is 1.79. The summed E-state index contributed by atoms with van der Waals surface area (Å²) in [6.07, 6.45) is -3.49. The van der Waals surface area contributed by atoms with Gasteiger partial charge in [-0.05, 0) is 6.92 Å². The summed E-state index contributed by atoms with van der Waals surface area (Å²) in [6, 6.07) is 2.98. The van der Waals surface area contributed by atoms with Crippen molar-refractivity contribution in [3.63, 3.8) is 0 Å². The summed E-state index contributed by atoms with van der Waals surface area (Å²) in [7, 11) is 0. The minimum Gasteiger partial charge on any atom is -0.255 e. The smallest absolute Gasteiger partial charge is 0.255 e. The SMILES string of the molecule is CC(C#N)n1c[c]c(C(F)(F)F)n1. The van der Waals surface area contributed by atoms with Crippen molar-refractivity contribution in [2.75, 3.05) is 0 Å². The number of hydrogen-bond donors (Lipinski definition) is 0. The summed E-state index contributed by atoms with van der Waals surface area (Å²) >= 11 is 0. The molecule has 0 aliphatic heterocycles. The molecule has 1 atom stereocenters. The minimum atomic E-state index is -4.50. The van der Waals surface area contributed by atoms with Crippen LogP contribution in [0.3, 0.4) is 0 Å². The summed E-state index contributed by atoms with van der Waals surface area (Å²) < 4.78 is 36.9. The van der Waals surface area contributed by atoms with Gasteiger partial charge in [0.05, 0.1) is 6.07 Å². The normalized spacial score (nSPS) is 13.8. The van der Waals surface area contributed by atoms with Gasteiger partial charge in [-0.25, -0.2) is 0 Å². The van der Waals surface area contributed by atoms with E-state index in [9.17, 15) is 13.2 Å². The Morgan fingerprint density at radius 3 is 2.69 bits per heavy atom. The molecule has 0 fully saturated rings. The molecule has 1 heterocycles. The molecule has 0 amide bonds. The number of halogens is 3. The Labute approximate surface area is 72.4 Å². The van der Waals surface area contributed by atoms with Crippen molar-refractivity contribution in [3.8, 4) is 6.07 Å². The number of nitrogens with zero attached hydrogens (tertiary/aromatic N) is 3. The topological polar surface area (TPSA) is 41.6 Å². The van der Waals surface area contributed by atoms with Crippen LogP contribution in [-0.2, 0) is 6.18 Å². The molecule has 0 bridgehead atoms. The van der Waals surface area contributed by atoms with Crippen molar-refractivity contribution in [1.82, 2.24) is 9.78 Å². The first-order valence-corrected chi connectivity index (χ1v) is 3.39. The quantitative estimate of drug-likeness (QED) is 0.674. The number of rotatable bonds is 1. The highest BCUT2D eigenvalue weighted by atomic mass is 19.4. The van der Waals surface area contributed by atoms with Crippen molar-refractivity contribution in [1.29, 1.82) is 5.26 Å². The molecule has 13 heavy (non-hydrogen) atoms. The Balaban J connectivity index is 2.95. The van der Waals surface area contributed by atoms with Gasteiger partial charge in [0.15, 0.2) is 5.69 Å². The van der Waals surface area contributed by atoms with Crippen LogP contribution in [0, 0.1) is 17.4 Å². The van der Waals surface area contributed by atoms with E-state index < -0.39 is 17.9 Å². The van der Waals surface area contributed by atoms with Crippen molar-refractivity contribution >= 4 is 0 Å². The molecule has 0 N–H and O–H groups in total. The van der Waals surface area contributed by atoms with Gasteiger partial charge in [-0.2, -0.15) is 23.5 Å². The van der Waals surface area contributed by atoms with Crippen LogP contribution in [0.1, 0.15) is 18.7 Å². The van der Waals surface area contributed by atoms with Crippen LogP contribution in [-0.4, -0.2) is 9.78 Å². The van der Waals surface area contributed by atoms with E-state index in [1.165, 1.54) is 6.92 Å². The monoisotopic (exact) mass is 188 g/mol. The Morgan fingerprint density at radius 1 is 1.69 bits per heavy atom. The Hall–Kier alpha value is -1.51. The molecule has 69 valence electrons. The van der Waals surface area contributed by atoms with Crippen LogP contribution in [0.4, 0.5) is 13.2 Å². The maximum absolute atomic E-state index is 12.0. The van der Waals surface area contributed by atoms with Crippen LogP contribution in [0.5, 0.6) is 0 Å². The summed E-state index contributed by atoms with van der Waals surface area (Å²) in [5.74, 6) is 0. The third-order valence-corrected chi connectivity index (χ3v) is 1.40. The molecule has 0 saturated heterocycles. The van der Waals surface area contributed by atoms with Gasteiger partial charge >= 0.3 is 6.18 Å². The van der Waals surface area contributed by atoms with Crippen molar-refractivity contribution in [2.45, 2.75) is 19.1 Å². The van der Waals surface area contributed by atoms with Crippen LogP contribution in [0.2, 0.25) is 0 Å². The van der Waals surface area contributed by atoms with Crippen molar-refractivity contribution < 1.29 is 13.2 Å². The predicted molar refractivity (Wildman–Crippen MR) is 36.4 cm³/mol. The lowest BCUT2D eigenvalue weighted by atomic mass is 10.4. The minimum absolute atomic E-state index is 0.715. The first-order chi connectivity index (χ1) is 5.95. The van der Waals surface area contributed by atoms with E-state index in [1.807, 2.05) is 6.07 Å². The van der Waals surface area contributed by atoms with Gasteiger partial charge in [-0.3, -0.25) is 4.68 Å². The highest BCUT2D eigenvalue weighted by Crippen LogP contribution is 2.27. The largest absolute Gasteiger partial charge is 0.435 e. The average molecular weight is 188 g/mol. The highest BCUT2D eigenvalue weighted by molar-refractivity contribution is 5.03. The zero-order chi connectivity index (χ0) is 10.1. The third kappa shape index (κ3) is 1.99. The zero-order valence-corrected chi connectivity index (χ0v) is 6.63. The second-order valence-corrected chi connectivity index (χ2v) is 2.40. The molecular weight excluding hydrogens is 183 g/mol. The molecule has 1 rings (SSSR count). The van der Waals surface area contributed by atoms with E-state index in [0.717, 1.165) is 10.9 Å². The molecule has 6 heteroatoms. The molecule has 1 unspecified atom stereocenters. The van der Waals surface area contributed by atoms with E-state index in [0.29, 0.717) is 0 Å². The second-order valence-electron chi connectivity index (χ2n) is 2.40. The van der Waals surface area contributed by atoms with Gasteiger partial charge in [0.1, 0.15) is 6.04 Å².